The smallest absolute Gasteiger partial charge is 0.193 e. The molecule has 0 spiro atoms. The number of aliphatic imine (C=N–C) groups is 1. The normalized spacial score (nSPS) is 11.1. The van der Waals surface area contributed by atoms with Gasteiger partial charge in [-0.05, 0) is 49.2 Å². The van der Waals surface area contributed by atoms with E-state index in [1.54, 1.807) is 12.1 Å². The van der Waals surface area contributed by atoms with Crippen LogP contribution >= 0.6 is 0 Å². The summed E-state index contributed by atoms with van der Waals surface area (Å²) in [5.74, 6) is -0.240. The molecular weight excluding hydrogens is 279 g/mol. The van der Waals surface area contributed by atoms with Crippen LogP contribution in [0.2, 0.25) is 0 Å². The number of nitrogens with zero attached hydrogens (tertiary/aromatic N) is 2. The number of hydrogen-bond donors (Lipinski definition) is 2. The summed E-state index contributed by atoms with van der Waals surface area (Å²) in [4.78, 5) is 4.13. The second-order valence-electron chi connectivity index (χ2n) is 5.12. The van der Waals surface area contributed by atoms with Gasteiger partial charge in [0.05, 0.1) is 18.2 Å². The minimum Gasteiger partial charge on any atom is -0.370 e. The maximum absolute atomic E-state index is 13.7. The number of nitrogens with two attached hydrogens (primary N) is 1. The zero-order valence-corrected chi connectivity index (χ0v) is 12.5. The minimum absolute atomic E-state index is 0.112. The lowest BCUT2D eigenvalue weighted by Crippen LogP contribution is -2.22. The van der Waals surface area contributed by atoms with Crippen molar-refractivity contribution in [2.24, 2.45) is 10.7 Å². The Labute approximate surface area is 129 Å². The number of halogens is 1. The van der Waals surface area contributed by atoms with Crippen LogP contribution in [0.25, 0.3) is 0 Å². The number of guanidine groups is 1. The highest BCUT2D eigenvalue weighted by molar-refractivity contribution is 5.92. The van der Waals surface area contributed by atoms with Crippen LogP contribution in [0, 0.1) is 31.0 Å². The Kier molecular flexibility index (Phi) is 4.74. The third-order valence-electron chi connectivity index (χ3n) is 3.10. The molecule has 0 atom stereocenters. The van der Waals surface area contributed by atoms with Crippen LogP contribution in [0.4, 0.5) is 10.1 Å². The SMILES string of the molecule is Cc1cc(C)cc(NC(N)=NCc2ccc(C#N)cc2F)c1. The maximum atomic E-state index is 13.7. The van der Waals surface area contributed by atoms with E-state index in [-0.39, 0.29) is 18.1 Å². The van der Waals surface area contributed by atoms with Crippen molar-refractivity contribution < 1.29 is 4.39 Å². The number of benzene rings is 2. The van der Waals surface area contributed by atoms with E-state index in [0.29, 0.717) is 5.56 Å². The maximum Gasteiger partial charge on any atom is 0.193 e. The van der Waals surface area contributed by atoms with Gasteiger partial charge in [-0.1, -0.05) is 12.1 Å². The third kappa shape index (κ3) is 4.06. The Balaban J connectivity index is 2.08. The van der Waals surface area contributed by atoms with Gasteiger partial charge in [-0.3, -0.25) is 0 Å². The van der Waals surface area contributed by atoms with Crippen molar-refractivity contribution in [2.45, 2.75) is 20.4 Å². The Hall–Kier alpha value is -2.87. The van der Waals surface area contributed by atoms with E-state index in [1.807, 2.05) is 32.0 Å². The summed E-state index contributed by atoms with van der Waals surface area (Å²) in [5.41, 5.74) is 9.58. The fourth-order valence-electron chi connectivity index (χ4n) is 2.15. The summed E-state index contributed by atoms with van der Waals surface area (Å²) in [6.07, 6.45) is 0. The first-order valence-corrected chi connectivity index (χ1v) is 6.81. The highest BCUT2D eigenvalue weighted by atomic mass is 19.1. The average molecular weight is 296 g/mol. The highest BCUT2D eigenvalue weighted by Gasteiger charge is 2.03. The molecule has 2 aromatic rings. The molecule has 2 aromatic carbocycles. The third-order valence-corrected chi connectivity index (χ3v) is 3.10. The largest absolute Gasteiger partial charge is 0.370 e. The number of nitrogens with one attached hydrogen (secondary N) is 1. The van der Waals surface area contributed by atoms with Gasteiger partial charge in [0, 0.05) is 11.3 Å². The lowest BCUT2D eigenvalue weighted by atomic mass is 10.1. The first-order chi connectivity index (χ1) is 10.5. The van der Waals surface area contributed by atoms with E-state index < -0.39 is 5.82 Å². The molecule has 0 bridgehead atoms. The predicted molar refractivity (Wildman–Crippen MR) is 86.0 cm³/mol. The van der Waals surface area contributed by atoms with E-state index >= 15 is 0 Å². The molecule has 0 unspecified atom stereocenters. The number of hydrogen-bond acceptors (Lipinski definition) is 2. The lowest BCUT2D eigenvalue weighted by molar-refractivity contribution is 0.610. The van der Waals surface area contributed by atoms with E-state index in [4.69, 9.17) is 11.0 Å². The fourth-order valence-corrected chi connectivity index (χ4v) is 2.15. The molecule has 0 saturated carbocycles. The highest BCUT2D eigenvalue weighted by Crippen LogP contribution is 2.14. The molecule has 2 rings (SSSR count). The molecule has 0 aliphatic rings. The summed E-state index contributed by atoms with van der Waals surface area (Å²) >= 11 is 0. The molecule has 3 N–H and O–H groups in total. The van der Waals surface area contributed by atoms with Crippen molar-refractivity contribution in [1.29, 1.82) is 5.26 Å². The number of aryl methyl sites for hydroxylation is 2. The summed E-state index contributed by atoms with van der Waals surface area (Å²) in [6.45, 7) is 4.11. The molecule has 0 aliphatic heterocycles. The number of nitriles is 1. The lowest BCUT2D eigenvalue weighted by Gasteiger charge is -2.08. The summed E-state index contributed by atoms with van der Waals surface area (Å²) in [7, 11) is 0. The Bertz CT molecular complexity index is 739. The van der Waals surface area contributed by atoms with Crippen LogP contribution in [-0.4, -0.2) is 5.96 Å². The Morgan fingerprint density at radius 2 is 1.91 bits per heavy atom. The van der Waals surface area contributed by atoms with Crippen molar-refractivity contribution in [2.75, 3.05) is 5.32 Å². The van der Waals surface area contributed by atoms with E-state index in [2.05, 4.69) is 16.4 Å². The molecule has 112 valence electrons. The molecule has 0 heterocycles. The molecule has 0 amide bonds. The van der Waals surface area contributed by atoms with Gasteiger partial charge in [0.1, 0.15) is 5.82 Å². The van der Waals surface area contributed by atoms with E-state index in [9.17, 15) is 4.39 Å². The van der Waals surface area contributed by atoms with Crippen molar-refractivity contribution in [3.05, 3.63) is 64.5 Å². The van der Waals surface area contributed by atoms with Gasteiger partial charge in [-0.25, -0.2) is 9.38 Å². The molecule has 0 aliphatic carbocycles. The fraction of sp³-hybridized carbons (Fsp3) is 0.176. The van der Waals surface area contributed by atoms with Crippen LogP contribution in [0.1, 0.15) is 22.3 Å². The van der Waals surface area contributed by atoms with Crippen LogP contribution in [0.15, 0.2) is 41.4 Å². The minimum atomic E-state index is -0.456. The molecular formula is C17H17FN4. The van der Waals surface area contributed by atoms with Crippen LogP contribution in [0.5, 0.6) is 0 Å². The van der Waals surface area contributed by atoms with Gasteiger partial charge in [0.15, 0.2) is 5.96 Å². The van der Waals surface area contributed by atoms with Gasteiger partial charge in [-0.15, -0.1) is 0 Å². The second-order valence-corrected chi connectivity index (χ2v) is 5.12. The van der Waals surface area contributed by atoms with Crippen LogP contribution in [-0.2, 0) is 6.54 Å². The average Bonchev–Trinajstić information content (AvgIpc) is 2.44. The van der Waals surface area contributed by atoms with Crippen molar-refractivity contribution in [3.8, 4) is 6.07 Å². The van der Waals surface area contributed by atoms with E-state index in [1.165, 1.54) is 6.07 Å². The molecule has 0 radical (unpaired) electrons. The van der Waals surface area contributed by atoms with Crippen LogP contribution in [0.3, 0.4) is 0 Å². The molecule has 0 fully saturated rings. The van der Waals surface area contributed by atoms with Crippen LogP contribution < -0.4 is 11.1 Å². The molecule has 5 heteroatoms. The molecule has 0 saturated heterocycles. The zero-order valence-electron chi connectivity index (χ0n) is 12.5. The quantitative estimate of drug-likeness (QED) is 0.674. The first-order valence-electron chi connectivity index (χ1n) is 6.81. The van der Waals surface area contributed by atoms with Gasteiger partial charge in [0.25, 0.3) is 0 Å². The topological polar surface area (TPSA) is 74.2 Å². The molecule has 4 nitrogen and oxygen atoms in total. The van der Waals surface area contributed by atoms with Crippen molar-refractivity contribution >= 4 is 11.6 Å². The summed E-state index contributed by atoms with van der Waals surface area (Å²) < 4.78 is 13.7. The van der Waals surface area contributed by atoms with Gasteiger partial charge >= 0.3 is 0 Å². The monoisotopic (exact) mass is 296 g/mol. The van der Waals surface area contributed by atoms with E-state index in [0.717, 1.165) is 16.8 Å². The molecule has 0 aromatic heterocycles. The Morgan fingerprint density at radius 1 is 1.23 bits per heavy atom. The standard InChI is InChI=1S/C17H17FN4/c1-11-5-12(2)7-15(6-11)22-17(20)21-10-14-4-3-13(9-19)8-16(14)18/h3-8H,10H2,1-2H3,(H3,20,21,22). The van der Waals surface area contributed by atoms with Gasteiger partial charge in [-0.2, -0.15) is 5.26 Å². The summed E-state index contributed by atoms with van der Waals surface area (Å²) in [6, 6.07) is 12.2. The van der Waals surface area contributed by atoms with Crippen molar-refractivity contribution in [3.63, 3.8) is 0 Å². The van der Waals surface area contributed by atoms with Gasteiger partial charge < -0.3 is 11.1 Å². The van der Waals surface area contributed by atoms with Crippen molar-refractivity contribution in [1.82, 2.24) is 0 Å². The molecule has 22 heavy (non-hydrogen) atoms. The number of anilines is 1. The first kappa shape index (κ1) is 15.5. The van der Waals surface area contributed by atoms with Gasteiger partial charge in [0.2, 0.25) is 0 Å². The predicted octanol–water partition coefficient (Wildman–Crippen LogP) is 3.24. The second kappa shape index (κ2) is 6.72. The Morgan fingerprint density at radius 3 is 2.50 bits per heavy atom. The summed E-state index contributed by atoms with van der Waals surface area (Å²) in [5, 5.41) is 11.7. The zero-order chi connectivity index (χ0) is 16.1. The number of rotatable bonds is 3.